The molecule has 1 aliphatic heterocycles. The van der Waals surface area contributed by atoms with Crippen molar-refractivity contribution in [3.05, 3.63) is 107 Å². The van der Waals surface area contributed by atoms with Gasteiger partial charge in [0.2, 0.25) is 11.7 Å². The van der Waals surface area contributed by atoms with Gasteiger partial charge >= 0.3 is 6.18 Å². The molecule has 0 spiro atoms. The summed E-state index contributed by atoms with van der Waals surface area (Å²) in [5.41, 5.74) is -4.26. The van der Waals surface area contributed by atoms with E-state index in [-0.39, 0.29) is 5.56 Å². The maximum absolute atomic E-state index is 15.3. The van der Waals surface area contributed by atoms with Gasteiger partial charge in [-0.15, -0.1) is 0 Å². The molecule has 29 heavy (non-hydrogen) atoms. The van der Waals surface area contributed by atoms with Crippen LogP contribution in [-0.2, 0) is 16.1 Å². The van der Waals surface area contributed by atoms with E-state index in [1.165, 1.54) is 24.3 Å². The molecule has 1 atom stereocenters. The van der Waals surface area contributed by atoms with E-state index in [4.69, 9.17) is 4.74 Å². The summed E-state index contributed by atoms with van der Waals surface area (Å²) in [7, 11) is 0. The first-order valence-corrected chi connectivity index (χ1v) is 9.00. The fourth-order valence-corrected chi connectivity index (χ4v) is 3.55. The van der Waals surface area contributed by atoms with Gasteiger partial charge in [0.05, 0.1) is 0 Å². The maximum atomic E-state index is 15.3. The molecule has 3 aromatic carbocycles. The van der Waals surface area contributed by atoms with E-state index < -0.39 is 23.5 Å². The number of hydrogen-bond donors (Lipinski definition) is 0. The van der Waals surface area contributed by atoms with Gasteiger partial charge in [0.25, 0.3) is 5.60 Å². The van der Waals surface area contributed by atoms with Crippen molar-refractivity contribution in [3.63, 3.8) is 0 Å². The van der Waals surface area contributed by atoms with Crippen molar-refractivity contribution in [1.82, 2.24) is 0 Å². The molecule has 0 aliphatic carbocycles. The second-order valence-corrected chi connectivity index (χ2v) is 6.93. The van der Waals surface area contributed by atoms with Gasteiger partial charge in [-0.2, -0.15) is 17.6 Å². The lowest BCUT2D eigenvalue weighted by Crippen LogP contribution is -2.49. The maximum Gasteiger partial charge on any atom is 0.430 e. The lowest BCUT2D eigenvalue weighted by molar-refractivity contribution is -0.274. The SMILES string of the molecule is Cc1ccc(C2(C(F)(F)F)OC(c3ccccc3)(c3ccccc3)N=C2F)cc1. The number of benzene rings is 3. The second-order valence-electron chi connectivity index (χ2n) is 6.93. The van der Waals surface area contributed by atoms with E-state index in [0.717, 1.165) is 5.56 Å². The lowest BCUT2D eigenvalue weighted by atomic mass is 9.91. The van der Waals surface area contributed by atoms with Crippen molar-refractivity contribution < 1.29 is 22.3 Å². The summed E-state index contributed by atoms with van der Waals surface area (Å²) in [5.74, 6) is -1.62. The Morgan fingerprint density at radius 1 is 0.724 bits per heavy atom. The molecule has 6 heteroatoms. The number of alkyl halides is 3. The zero-order valence-electron chi connectivity index (χ0n) is 15.5. The molecular weight excluding hydrogens is 382 g/mol. The van der Waals surface area contributed by atoms with Crippen molar-refractivity contribution in [3.8, 4) is 0 Å². The predicted octanol–water partition coefficient (Wildman–Crippen LogP) is 6.05. The number of aliphatic imine (C=N–C) groups is 1. The van der Waals surface area contributed by atoms with Crippen molar-refractivity contribution in [2.45, 2.75) is 24.4 Å². The first-order valence-electron chi connectivity index (χ1n) is 9.00. The predicted molar refractivity (Wildman–Crippen MR) is 102 cm³/mol. The number of halogens is 4. The monoisotopic (exact) mass is 399 g/mol. The molecule has 1 heterocycles. The minimum atomic E-state index is -5.07. The van der Waals surface area contributed by atoms with Crippen LogP contribution >= 0.6 is 0 Å². The van der Waals surface area contributed by atoms with Gasteiger partial charge in [-0.25, -0.2) is 4.99 Å². The molecule has 3 aromatic rings. The fourth-order valence-electron chi connectivity index (χ4n) is 3.55. The zero-order valence-corrected chi connectivity index (χ0v) is 15.5. The topological polar surface area (TPSA) is 21.6 Å². The quantitative estimate of drug-likeness (QED) is 0.491. The highest BCUT2D eigenvalue weighted by Gasteiger charge is 2.69. The summed E-state index contributed by atoms with van der Waals surface area (Å²) in [5, 5.41) is 0. The van der Waals surface area contributed by atoms with E-state index in [9.17, 15) is 13.2 Å². The van der Waals surface area contributed by atoms with E-state index in [1.54, 1.807) is 67.6 Å². The molecule has 0 fully saturated rings. The average Bonchev–Trinajstić information content (AvgIpc) is 3.05. The molecular formula is C23H17F4NO. The van der Waals surface area contributed by atoms with Crippen LogP contribution in [0.4, 0.5) is 17.6 Å². The van der Waals surface area contributed by atoms with Gasteiger partial charge in [-0.1, -0.05) is 90.5 Å². The standard InChI is InChI=1S/C23H17F4NO/c1-16-12-14-17(15-13-16)21(23(25,26)27)20(24)28-22(29-21,18-8-4-2-5-9-18)19-10-6-3-7-11-19/h2-15H,1H3. The molecule has 2 nitrogen and oxygen atoms in total. The molecule has 1 unspecified atom stereocenters. The highest BCUT2D eigenvalue weighted by atomic mass is 19.4. The summed E-state index contributed by atoms with van der Waals surface area (Å²) < 4.78 is 64.1. The van der Waals surface area contributed by atoms with Crippen molar-refractivity contribution in [1.29, 1.82) is 0 Å². The molecule has 1 aliphatic rings. The second kappa shape index (κ2) is 6.81. The van der Waals surface area contributed by atoms with Crippen LogP contribution in [0.15, 0.2) is 89.9 Å². The Kier molecular flexibility index (Phi) is 4.54. The molecule has 0 aromatic heterocycles. The Morgan fingerprint density at radius 3 is 1.66 bits per heavy atom. The number of ether oxygens (including phenoxy) is 1. The fraction of sp³-hybridized carbons (Fsp3) is 0.174. The first-order chi connectivity index (χ1) is 13.8. The van der Waals surface area contributed by atoms with Gasteiger partial charge in [0, 0.05) is 16.7 Å². The number of rotatable bonds is 3. The van der Waals surface area contributed by atoms with Crippen molar-refractivity contribution >= 4 is 5.97 Å². The smallest absolute Gasteiger partial charge is 0.316 e. The van der Waals surface area contributed by atoms with Gasteiger partial charge in [-0.3, -0.25) is 0 Å². The highest BCUT2D eigenvalue weighted by Crippen LogP contribution is 2.55. The largest absolute Gasteiger partial charge is 0.430 e. The molecule has 0 N–H and O–H groups in total. The molecule has 0 saturated carbocycles. The molecule has 0 saturated heterocycles. The Hall–Kier alpha value is -2.99. The van der Waals surface area contributed by atoms with Gasteiger partial charge in [0.15, 0.2) is 0 Å². The van der Waals surface area contributed by atoms with Crippen molar-refractivity contribution in [2.24, 2.45) is 4.99 Å². The van der Waals surface area contributed by atoms with Gasteiger partial charge in [0.1, 0.15) is 0 Å². The van der Waals surface area contributed by atoms with Crippen LogP contribution in [0.25, 0.3) is 0 Å². The summed E-state index contributed by atoms with van der Waals surface area (Å²) >= 11 is 0. The normalized spacial score (nSPS) is 21.1. The molecule has 4 rings (SSSR count). The summed E-state index contributed by atoms with van der Waals surface area (Å²) in [6.07, 6.45) is -5.07. The summed E-state index contributed by atoms with van der Waals surface area (Å²) in [6.45, 7) is 1.74. The minimum Gasteiger partial charge on any atom is -0.316 e. The van der Waals surface area contributed by atoms with Crippen molar-refractivity contribution in [2.75, 3.05) is 0 Å². The molecule has 0 amide bonds. The van der Waals surface area contributed by atoms with Gasteiger partial charge < -0.3 is 4.74 Å². The lowest BCUT2D eigenvalue weighted by Gasteiger charge is -2.35. The Balaban J connectivity index is 1.99. The van der Waals surface area contributed by atoms with Crippen LogP contribution in [-0.4, -0.2) is 12.1 Å². The number of hydrogen-bond acceptors (Lipinski definition) is 2. The molecule has 148 valence electrons. The summed E-state index contributed by atoms with van der Waals surface area (Å²) in [4.78, 5) is 3.89. The molecule has 0 radical (unpaired) electrons. The van der Waals surface area contributed by atoms with Crippen LogP contribution in [0.5, 0.6) is 0 Å². The van der Waals surface area contributed by atoms with Crippen LogP contribution in [0.3, 0.4) is 0 Å². The average molecular weight is 399 g/mol. The molecule has 0 bridgehead atoms. The third-order valence-electron chi connectivity index (χ3n) is 5.03. The third kappa shape index (κ3) is 2.95. The number of nitrogens with zero attached hydrogens (tertiary/aromatic N) is 1. The Bertz CT molecular complexity index is 990. The minimum absolute atomic E-state index is 0.305. The van der Waals surface area contributed by atoms with Crippen LogP contribution in [0, 0.1) is 6.92 Å². The van der Waals surface area contributed by atoms with E-state index >= 15 is 4.39 Å². The van der Waals surface area contributed by atoms with Gasteiger partial charge in [-0.05, 0) is 6.92 Å². The first kappa shape index (κ1) is 19.3. The van der Waals surface area contributed by atoms with Crippen LogP contribution < -0.4 is 0 Å². The number of aryl methyl sites for hydroxylation is 1. The van der Waals surface area contributed by atoms with Crippen LogP contribution in [0.2, 0.25) is 0 Å². The van der Waals surface area contributed by atoms with E-state index in [1.807, 2.05) is 0 Å². The third-order valence-corrected chi connectivity index (χ3v) is 5.03. The Labute approximate surface area is 165 Å². The summed E-state index contributed by atoms with van der Waals surface area (Å²) in [6, 6.07) is 21.8. The van der Waals surface area contributed by atoms with E-state index in [2.05, 4.69) is 4.99 Å². The van der Waals surface area contributed by atoms with E-state index in [0.29, 0.717) is 11.1 Å². The van der Waals surface area contributed by atoms with Crippen LogP contribution in [0.1, 0.15) is 22.3 Å². The zero-order chi connectivity index (χ0) is 20.7. The highest BCUT2D eigenvalue weighted by molar-refractivity contribution is 5.89. The Morgan fingerprint density at radius 2 is 1.21 bits per heavy atom.